The predicted octanol–water partition coefficient (Wildman–Crippen LogP) is 2.60. The molecular weight excluding hydrogens is 284 g/mol. The van der Waals surface area contributed by atoms with Crippen molar-refractivity contribution in [3.05, 3.63) is 28.2 Å². The molecule has 1 aromatic rings. The summed E-state index contributed by atoms with van der Waals surface area (Å²) in [6.45, 7) is 3.66. The molecule has 2 amide bonds. The Bertz CT molecular complexity index is 409. The number of nitrogens with one attached hydrogen (secondary N) is 1. The zero-order valence-electron chi connectivity index (χ0n) is 10.2. The summed E-state index contributed by atoms with van der Waals surface area (Å²) in [5, 5.41) is 11.8. The number of anilines is 1. The Hall–Kier alpha value is -1.07. The summed E-state index contributed by atoms with van der Waals surface area (Å²) in [6.07, 6.45) is 0. The third kappa shape index (κ3) is 3.44. The molecule has 1 rings (SSSR count). The highest BCUT2D eigenvalue weighted by molar-refractivity contribution is 9.10. The van der Waals surface area contributed by atoms with Crippen molar-refractivity contribution in [2.24, 2.45) is 0 Å². The SMILES string of the molecule is Cc1c(Br)cccc1NC(=O)N(C)C(C)CO. The lowest BCUT2D eigenvalue weighted by molar-refractivity contribution is 0.166. The minimum Gasteiger partial charge on any atom is -0.394 e. The Morgan fingerprint density at radius 1 is 1.59 bits per heavy atom. The molecule has 0 spiro atoms. The van der Waals surface area contributed by atoms with Crippen LogP contribution in [0.2, 0.25) is 0 Å². The van der Waals surface area contributed by atoms with E-state index in [1.807, 2.05) is 25.1 Å². The average molecular weight is 301 g/mol. The zero-order valence-corrected chi connectivity index (χ0v) is 11.8. The molecule has 1 unspecified atom stereocenters. The zero-order chi connectivity index (χ0) is 13.0. The van der Waals surface area contributed by atoms with Gasteiger partial charge in [-0.25, -0.2) is 4.79 Å². The number of urea groups is 1. The number of likely N-dealkylation sites (N-methyl/N-ethyl adjacent to an activating group) is 1. The van der Waals surface area contributed by atoms with Gasteiger partial charge in [0.15, 0.2) is 0 Å². The Morgan fingerprint density at radius 2 is 2.24 bits per heavy atom. The first-order valence-corrected chi connectivity index (χ1v) is 6.16. The standard InChI is InChI=1S/C12H17BrN2O2/c1-8(7-16)15(3)12(17)14-11-6-4-5-10(13)9(11)2/h4-6,8,16H,7H2,1-3H3,(H,14,17). The highest BCUT2D eigenvalue weighted by Crippen LogP contribution is 2.23. The summed E-state index contributed by atoms with van der Waals surface area (Å²) < 4.78 is 0.952. The van der Waals surface area contributed by atoms with Crippen molar-refractivity contribution in [3.8, 4) is 0 Å². The van der Waals surface area contributed by atoms with E-state index in [0.29, 0.717) is 0 Å². The van der Waals surface area contributed by atoms with Crippen molar-refractivity contribution in [2.45, 2.75) is 19.9 Å². The second kappa shape index (κ2) is 6.02. The van der Waals surface area contributed by atoms with Crippen LogP contribution in [0, 0.1) is 6.92 Å². The van der Waals surface area contributed by atoms with Crippen molar-refractivity contribution < 1.29 is 9.90 Å². The number of amides is 2. The molecule has 0 fully saturated rings. The first-order valence-electron chi connectivity index (χ1n) is 5.37. The Kier molecular flexibility index (Phi) is 4.96. The quantitative estimate of drug-likeness (QED) is 0.901. The maximum absolute atomic E-state index is 11.9. The molecule has 1 atom stereocenters. The van der Waals surface area contributed by atoms with Crippen LogP contribution in [0.15, 0.2) is 22.7 Å². The number of hydrogen-bond acceptors (Lipinski definition) is 2. The predicted molar refractivity (Wildman–Crippen MR) is 72.2 cm³/mol. The van der Waals surface area contributed by atoms with Crippen LogP contribution in [0.25, 0.3) is 0 Å². The van der Waals surface area contributed by atoms with Gasteiger partial charge in [-0.05, 0) is 31.5 Å². The molecule has 0 heterocycles. The minimum atomic E-state index is -0.229. The third-order valence-corrected chi connectivity index (χ3v) is 3.61. The molecule has 2 N–H and O–H groups in total. The number of hydrogen-bond donors (Lipinski definition) is 2. The molecule has 17 heavy (non-hydrogen) atoms. The summed E-state index contributed by atoms with van der Waals surface area (Å²) in [4.78, 5) is 13.3. The normalized spacial score (nSPS) is 12.1. The number of carbonyl (C=O) groups excluding carboxylic acids is 1. The monoisotopic (exact) mass is 300 g/mol. The first kappa shape index (κ1) is 14.0. The summed E-state index contributed by atoms with van der Waals surface area (Å²) >= 11 is 3.41. The summed E-state index contributed by atoms with van der Waals surface area (Å²) in [7, 11) is 1.66. The molecule has 94 valence electrons. The van der Waals surface area contributed by atoms with Gasteiger partial charge in [0.2, 0.25) is 0 Å². The molecule has 0 radical (unpaired) electrons. The number of nitrogens with zero attached hydrogens (tertiary/aromatic N) is 1. The molecule has 0 aliphatic carbocycles. The van der Waals surface area contributed by atoms with E-state index in [-0.39, 0.29) is 18.7 Å². The highest BCUT2D eigenvalue weighted by Gasteiger charge is 2.15. The molecule has 0 saturated heterocycles. The fourth-order valence-electron chi connectivity index (χ4n) is 1.27. The topological polar surface area (TPSA) is 52.6 Å². The van der Waals surface area contributed by atoms with E-state index in [0.717, 1.165) is 15.7 Å². The molecular formula is C12H17BrN2O2. The molecule has 0 bridgehead atoms. The first-order chi connectivity index (χ1) is 7.97. The van der Waals surface area contributed by atoms with Crippen LogP contribution in [0.3, 0.4) is 0 Å². The number of rotatable bonds is 3. The van der Waals surface area contributed by atoms with Gasteiger partial charge >= 0.3 is 6.03 Å². The van der Waals surface area contributed by atoms with E-state index in [4.69, 9.17) is 5.11 Å². The molecule has 5 heteroatoms. The van der Waals surface area contributed by atoms with Gasteiger partial charge in [0.25, 0.3) is 0 Å². The average Bonchev–Trinajstić information content (AvgIpc) is 2.32. The third-order valence-electron chi connectivity index (χ3n) is 2.76. The lowest BCUT2D eigenvalue weighted by atomic mass is 10.2. The van der Waals surface area contributed by atoms with Gasteiger partial charge in [0.1, 0.15) is 0 Å². The Morgan fingerprint density at radius 3 is 2.82 bits per heavy atom. The van der Waals surface area contributed by atoms with Crippen molar-refractivity contribution in [1.82, 2.24) is 4.90 Å². The van der Waals surface area contributed by atoms with Crippen LogP contribution in [-0.4, -0.2) is 35.7 Å². The molecule has 0 saturated carbocycles. The number of aliphatic hydroxyl groups excluding tert-OH is 1. The number of halogens is 1. The summed E-state index contributed by atoms with van der Waals surface area (Å²) in [5.74, 6) is 0. The molecule has 4 nitrogen and oxygen atoms in total. The smallest absolute Gasteiger partial charge is 0.321 e. The van der Waals surface area contributed by atoms with E-state index in [1.165, 1.54) is 4.90 Å². The maximum atomic E-state index is 11.9. The molecule has 0 aliphatic rings. The number of aliphatic hydroxyl groups is 1. The number of carbonyl (C=O) groups is 1. The van der Waals surface area contributed by atoms with E-state index >= 15 is 0 Å². The Balaban J connectivity index is 2.78. The van der Waals surface area contributed by atoms with E-state index in [2.05, 4.69) is 21.2 Å². The van der Waals surface area contributed by atoms with Crippen LogP contribution in [0.1, 0.15) is 12.5 Å². The highest BCUT2D eigenvalue weighted by atomic mass is 79.9. The molecule has 1 aromatic carbocycles. The fourth-order valence-corrected chi connectivity index (χ4v) is 1.64. The van der Waals surface area contributed by atoms with Gasteiger partial charge in [-0.1, -0.05) is 22.0 Å². The lowest BCUT2D eigenvalue weighted by Crippen LogP contribution is -2.40. The van der Waals surface area contributed by atoms with Gasteiger partial charge in [-0.3, -0.25) is 0 Å². The van der Waals surface area contributed by atoms with Crippen molar-refractivity contribution >= 4 is 27.6 Å². The van der Waals surface area contributed by atoms with E-state index in [9.17, 15) is 4.79 Å². The van der Waals surface area contributed by atoms with E-state index in [1.54, 1.807) is 14.0 Å². The van der Waals surface area contributed by atoms with Gasteiger partial charge in [-0.15, -0.1) is 0 Å². The number of benzene rings is 1. The lowest BCUT2D eigenvalue weighted by Gasteiger charge is -2.24. The molecule has 0 aliphatic heterocycles. The van der Waals surface area contributed by atoms with Crippen LogP contribution >= 0.6 is 15.9 Å². The molecule has 0 aromatic heterocycles. The van der Waals surface area contributed by atoms with Gasteiger partial charge in [0, 0.05) is 17.2 Å². The van der Waals surface area contributed by atoms with Crippen molar-refractivity contribution in [1.29, 1.82) is 0 Å². The summed E-state index contributed by atoms with van der Waals surface area (Å²) in [6, 6.07) is 5.19. The fraction of sp³-hybridized carbons (Fsp3) is 0.417. The van der Waals surface area contributed by atoms with Gasteiger partial charge in [-0.2, -0.15) is 0 Å². The van der Waals surface area contributed by atoms with Crippen LogP contribution in [-0.2, 0) is 0 Å². The summed E-state index contributed by atoms with van der Waals surface area (Å²) in [5.41, 5.74) is 1.74. The van der Waals surface area contributed by atoms with Crippen LogP contribution < -0.4 is 5.32 Å². The van der Waals surface area contributed by atoms with Crippen LogP contribution in [0.4, 0.5) is 10.5 Å². The van der Waals surface area contributed by atoms with Crippen LogP contribution in [0.5, 0.6) is 0 Å². The largest absolute Gasteiger partial charge is 0.394 e. The minimum absolute atomic E-state index is 0.0542. The maximum Gasteiger partial charge on any atom is 0.321 e. The van der Waals surface area contributed by atoms with Gasteiger partial charge < -0.3 is 15.3 Å². The van der Waals surface area contributed by atoms with Crippen molar-refractivity contribution in [2.75, 3.05) is 19.0 Å². The second-order valence-corrected chi connectivity index (χ2v) is 4.84. The Labute approximate surface area is 110 Å². The van der Waals surface area contributed by atoms with Crippen molar-refractivity contribution in [3.63, 3.8) is 0 Å². The van der Waals surface area contributed by atoms with Gasteiger partial charge in [0.05, 0.1) is 12.6 Å². The van der Waals surface area contributed by atoms with E-state index < -0.39 is 0 Å². The second-order valence-electron chi connectivity index (χ2n) is 3.99.